The topological polar surface area (TPSA) is 52.7 Å². The molecular formula is C26H32ClN3O2. The van der Waals surface area contributed by atoms with Crippen molar-refractivity contribution in [2.75, 3.05) is 19.6 Å². The summed E-state index contributed by atoms with van der Waals surface area (Å²) in [5.41, 5.74) is 3.13. The van der Waals surface area contributed by atoms with Gasteiger partial charge in [-0.1, -0.05) is 43.1 Å². The zero-order valence-corrected chi connectivity index (χ0v) is 19.5. The average molecular weight is 454 g/mol. The van der Waals surface area contributed by atoms with Gasteiger partial charge in [-0.2, -0.15) is 0 Å². The van der Waals surface area contributed by atoms with Gasteiger partial charge >= 0.3 is 0 Å². The molecule has 0 radical (unpaired) electrons. The molecule has 0 aliphatic carbocycles. The van der Waals surface area contributed by atoms with Gasteiger partial charge < -0.3 is 15.1 Å². The van der Waals surface area contributed by atoms with Gasteiger partial charge in [0.2, 0.25) is 0 Å². The Morgan fingerprint density at radius 1 is 1.19 bits per heavy atom. The molecule has 1 fully saturated rings. The number of hydrogen-bond donors (Lipinski definition) is 1. The van der Waals surface area contributed by atoms with Gasteiger partial charge in [0.05, 0.1) is 0 Å². The van der Waals surface area contributed by atoms with Gasteiger partial charge in [0.25, 0.3) is 11.8 Å². The van der Waals surface area contributed by atoms with E-state index in [1.807, 2.05) is 36.4 Å². The maximum Gasteiger partial charge on any atom is 0.254 e. The molecule has 0 aromatic heterocycles. The summed E-state index contributed by atoms with van der Waals surface area (Å²) in [6.07, 6.45) is 6.05. The summed E-state index contributed by atoms with van der Waals surface area (Å²) in [7, 11) is 0. The maximum atomic E-state index is 12.9. The van der Waals surface area contributed by atoms with Crippen LogP contribution in [0.4, 0.5) is 0 Å². The molecule has 4 rings (SSSR count). The third kappa shape index (κ3) is 5.33. The SMILES string of the molecule is CCC1CCCCN1CCCNC(=O)c1ccc2c(c1)C(=O)N(Cc1cccc(Cl)c1)C2. The Kier molecular flexibility index (Phi) is 7.48. The smallest absolute Gasteiger partial charge is 0.254 e. The van der Waals surface area contributed by atoms with Gasteiger partial charge in [-0.25, -0.2) is 0 Å². The molecule has 6 heteroatoms. The Hall–Kier alpha value is -2.37. The van der Waals surface area contributed by atoms with Gasteiger partial charge in [0, 0.05) is 48.4 Å². The summed E-state index contributed by atoms with van der Waals surface area (Å²) >= 11 is 6.07. The summed E-state index contributed by atoms with van der Waals surface area (Å²) in [6, 6.07) is 13.7. The summed E-state index contributed by atoms with van der Waals surface area (Å²) < 4.78 is 0. The van der Waals surface area contributed by atoms with Crippen molar-refractivity contribution in [3.63, 3.8) is 0 Å². The molecule has 0 saturated carbocycles. The van der Waals surface area contributed by atoms with Crippen LogP contribution in [0.1, 0.15) is 70.9 Å². The lowest BCUT2D eigenvalue weighted by Crippen LogP contribution is -2.40. The Bertz CT molecular complexity index is 977. The molecule has 2 heterocycles. The maximum absolute atomic E-state index is 12.9. The van der Waals surface area contributed by atoms with Crippen LogP contribution in [0.25, 0.3) is 0 Å². The minimum Gasteiger partial charge on any atom is -0.352 e. The fraction of sp³-hybridized carbons (Fsp3) is 0.462. The van der Waals surface area contributed by atoms with E-state index in [4.69, 9.17) is 11.6 Å². The van der Waals surface area contributed by atoms with Crippen molar-refractivity contribution >= 4 is 23.4 Å². The molecule has 2 aliphatic heterocycles. The van der Waals surface area contributed by atoms with Crippen LogP contribution in [0.2, 0.25) is 5.02 Å². The molecule has 170 valence electrons. The number of carbonyl (C=O) groups is 2. The highest BCUT2D eigenvalue weighted by Gasteiger charge is 2.28. The Balaban J connectivity index is 1.30. The highest BCUT2D eigenvalue weighted by Crippen LogP contribution is 2.26. The second-order valence-electron chi connectivity index (χ2n) is 8.87. The van der Waals surface area contributed by atoms with E-state index in [1.54, 1.807) is 11.0 Å². The number of carbonyl (C=O) groups excluding carboxylic acids is 2. The number of hydrogen-bond acceptors (Lipinski definition) is 3. The predicted octanol–water partition coefficient (Wildman–Crippen LogP) is 4.88. The van der Waals surface area contributed by atoms with Gasteiger partial charge in [-0.15, -0.1) is 0 Å². The summed E-state index contributed by atoms with van der Waals surface area (Å²) in [5.74, 6) is -0.148. The van der Waals surface area contributed by atoms with E-state index in [1.165, 1.54) is 32.2 Å². The van der Waals surface area contributed by atoms with Crippen molar-refractivity contribution in [1.29, 1.82) is 0 Å². The molecule has 1 atom stereocenters. The normalized spacial score (nSPS) is 18.6. The van der Waals surface area contributed by atoms with Crippen molar-refractivity contribution in [2.24, 2.45) is 0 Å². The minimum absolute atomic E-state index is 0.0367. The monoisotopic (exact) mass is 453 g/mol. The van der Waals surface area contributed by atoms with Crippen molar-refractivity contribution < 1.29 is 9.59 Å². The molecule has 32 heavy (non-hydrogen) atoms. The highest BCUT2D eigenvalue weighted by molar-refractivity contribution is 6.30. The second kappa shape index (κ2) is 10.5. The van der Waals surface area contributed by atoms with Gasteiger partial charge in [0.15, 0.2) is 0 Å². The number of nitrogens with one attached hydrogen (secondary N) is 1. The van der Waals surface area contributed by atoms with Crippen LogP contribution in [0, 0.1) is 0 Å². The zero-order chi connectivity index (χ0) is 22.5. The number of piperidine rings is 1. The van der Waals surface area contributed by atoms with Gasteiger partial charge in [-0.05, 0) is 67.6 Å². The quantitative estimate of drug-likeness (QED) is 0.579. The van der Waals surface area contributed by atoms with Crippen molar-refractivity contribution in [3.05, 3.63) is 69.7 Å². The van der Waals surface area contributed by atoms with Crippen LogP contribution < -0.4 is 5.32 Å². The van der Waals surface area contributed by atoms with E-state index in [0.717, 1.165) is 24.1 Å². The lowest BCUT2D eigenvalue weighted by molar-refractivity contribution is 0.0766. The molecule has 1 unspecified atom stereocenters. The minimum atomic E-state index is -0.112. The fourth-order valence-corrected chi connectivity index (χ4v) is 5.10. The predicted molar refractivity (Wildman–Crippen MR) is 128 cm³/mol. The van der Waals surface area contributed by atoms with E-state index in [-0.39, 0.29) is 11.8 Å². The number of fused-ring (bicyclic) bond motifs is 1. The van der Waals surface area contributed by atoms with Gasteiger partial charge in [-0.3, -0.25) is 9.59 Å². The van der Waals surface area contributed by atoms with Crippen molar-refractivity contribution in [1.82, 2.24) is 15.1 Å². The third-order valence-electron chi connectivity index (χ3n) is 6.64. The summed E-state index contributed by atoms with van der Waals surface area (Å²) in [6.45, 7) is 6.17. The van der Waals surface area contributed by atoms with E-state index >= 15 is 0 Å². The molecular weight excluding hydrogens is 422 g/mol. The number of rotatable bonds is 8. The molecule has 1 saturated heterocycles. The van der Waals surface area contributed by atoms with E-state index in [0.29, 0.717) is 41.8 Å². The highest BCUT2D eigenvalue weighted by atomic mass is 35.5. The fourth-order valence-electron chi connectivity index (χ4n) is 4.89. The first-order valence-electron chi connectivity index (χ1n) is 11.7. The lowest BCUT2D eigenvalue weighted by atomic mass is 10.00. The Morgan fingerprint density at radius 3 is 2.88 bits per heavy atom. The van der Waals surface area contributed by atoms with Crippen LogP contribution in [-0.2, 0) is 13.1 Å². The third-order valence-corrected chi connectivity index (χ3v) is 6.88. The molecule has 2 aromatic rings. The molecule has 5 nitrogen and oxygen atoms in total. The molecule has 2 aliphatic rings. The van der Waals surface area contributed by atoms with Crippen LogP contribution in [0.3, 0.4) is 0 Å². The summed E-state index contributed by atoms with van der Waals surface area (Å²) in [4.78, 5) is 29.9. The largest absolute Gasteiger partial charge is 0.352 e. The van der Waals surface area contributed by atoms with Crippen LogP contribution >= 0.6 is 11.6 Å². The lowest BCUT2D eigenvalue weighted by Gasteiger charge is -2.35. The number of halogens is 1. The average Bonchev–Trinajstić information content (AvgIpc) is 3.11. The van der Waals surface area contributed by atoms with Crippen molar-refractivity contribution in [2.45, 2.75) is 58.2 Å². The van der Waals surface area contributed by atoms with Gasteiger partial charge in [0.1, 0.15) is 0 Å². The molecule has 1 N–H and O–H groups in total. The standard InChI is InChI=1S/C26H32ClN3O2/c1-2-23-9-3-4-13-29(23)14-6-12-28-25(31)20-10-11-21-18-30(26(32)24(21)16-20)17-19-7-5-8-22(27)15-19/h5,7-8,10-11,15-16,23H,2-4,6,9,12-14,17-18H2,1H3,(H,28,31). The molecule has 2 aromatic carbocycles. The first-order valence-corrected chi connectivity index (χ1v) is 12.1. The molecule has 0 spiro atoms. The molecule has 2 amide bonds. The second-order valence-corrected chi connectivity index (χ2v) is 9.30. The summed E-state index contributed by atoms with van der Waals surface area (Å²) in [5, 5.41) is 3.69. The van der Waals surface area contributed by atoms with Crippen LogP contribution in [0.15, 0.2) is 42.5 Å². The first kappa shape index (κ1) is 22.8. The molecule has 0 bridgehead atoms. The Labute approximate surface area is 195 Å². The number of nitrogens with zero attached hydrogens (tertiary/aromatic N) is 2. The zero-order valence-electron chi connectivity index (χ0n) is 18.8. The van der Waals surface area contributed by atoms with Crippen molar-refractivity contribution in [3.8, 4) is 0 Å². The van der Waals surface area contributed by atoms with Crippen LogP contribution in [0.5, 0.6) is 0 Å². The van der Waals surface area contributed by atoms with Crippen LogP contribution in [-0.4, -0.2) is 47.3 Å². The Morgan fingerprint density at radius 2 is 2.06 bits per heavy atom. The number of amides is 2. The van der Waals surface area contributed by atoms with E-state index in [9.17, 15) is 9.59 Å². The first-order chi connectivity index (χ1) is 15.5. The van der Waals surface area contributed by atoms with E-state index < -0.39 is 0 Å². The van der Waals surface area contributed by atoms with E-state index in [2.05, 4.69) is 17.1 Å². The number of benzene rings is 2. The number of likely N-dealkylation sites (tertiary alicyclic amines) is 1.